The first kappa shape index (κ1) is 21.8. The van der Waals surface area contributed by atoms with Crippen molar-refractivity contribution in [2.45, 2.75) is 84.4 Å². The molecule has 0 N–H and O–H groups in total. The quantitative estimate of drug-likeness (QED) is 0.258. The lowest BCUT2D eigenvalue weighted by molar-refractivity contribution is 0.151. The van der Waals surface area contributed by atoms with Crippen LogP contribution in [0.1, 0.15) is 66.2 Å². The van der Waals surface area contributed by atoms with Crippen LogP contribution in [0.4, 0.5) is 9.59 Å². The average Bonchev–Trinajstić information content (AvgIpc) is 2.57. The van der Waals surface area contributed by atoms with Crippen LogP contribution in [-0.2, 0) is 9.16 Å². The van der Waals surface area contributed by atoms with Crippen molar-refractivity contribution in [3.8, 4) is 0 Å². The molecule has 0 aliphatic heterocycles. The van der Waals surface area contributed by atoms with Crippen LogP contribution >= 0.6 is 0 Å². The second-order valence-corrected chi connectivity index (χ2v) is 10.4. The summed E-state index contributed by atoms with van der Waals surface area (Å²) in [6, 6.07) is 2.51. The molecule has 134 valence electrons. The van der Waals surface area contributed by atoms with Gasteiger partial charge in [0.1, 0.15) is 0 Å². The molecule has 0 atom stereocenters. The van der Waals surface area contributed by atoms with Crippen LogP contribution in [0.2, 0.25) is 18.1 Å². The van der Waals surface area contributed by atoms with E-state index in [2.05, 4.69) is 17.2 Å². The fourth-order valence-electron chi connectivity index (χ4n) is 2.32. The number of hydrogen-bond acceptors (Lipinski definition) is 4. The van der Waals surface area contributed by atoms with Crippen LogP contribution in [0.5, 0.6) is 0 Å². The molecule has 2 amide bonds. The Morgan fingerprint density at radius 3 is 1.87 bits per heavy atom. The molecule has 0 heterocycles. The van der Waals surface area contributed by atoms with E-state index in [1.807, 2.05) is 20.8 Å². The monoisotopic (exact) mass is 344 g/mol. The summed E-state index contributed by atoms with van der Waals surface area (Å²) in [5.74, 6) is 0. The number of unbranched alkanes of at least 4 members (excludes halogenated alkanes) is 5. The summed E-state index contributed by atoms with van der Waals surface area (Å²) in [6.07, 6.45) is 5.06. The van der Waals surface area contributed by atoms with E-state index in [-0.39, 0.29) is 0 Å². The van der Waals surface area contributed by atoms with Gasteiger partial charge in [0.25, 0.3) is 8.32 Å². The molecule has 0 radical (unpaired) electrons. The molecule has 0 aliphatic carbocycles. The highest BCUT2D eigenvalue weighted by Gasteiger charge is 2.32. The average molecular weight is 345 g/mol. The number of ether oxygens (including phenoxy) is 1. The highest BCUT2D eigenvalue weighted by molar-refractivity contribution is 6.74. The first-order valence-corrected chi connectivity index (χ1v) is 11.4. The standard InChI is InChI=1S/C16H32N2O4Si/c1-5-9-10-11-12-13-14-21-15(19)17-18-16(20)22-23(6-2,7-3)8-4/h5-14H2,1-4H3. The summed E-state index contributed by atoms with van der Waals surface area (Å²) >= 11 is 0. The molecule has 0 fully saturated rings. The van der Waals surface area contributed by atoms with E-state index in [1.54, 1.807) is 0 Å². The van der Waals surface area contributed by atoms with E-state index in [9.17, 15) is 9.59 Å². The first-order chi connectivity index (χ1) is 11.0. The van der Waals surface area contributed by atoms with Gasteiger partial charge in [-0.25, -0.2) is 9.59 Å². The van der Waals surface area contributed by atoms with Gasteiger partial charge in [0.05, 0.1) is 6.61 Å². The number of hydrogen-bond donors (Lipinski definition) is 0. The third-order valence-corrected chi connectivity index (χ3v) is 8.65. The fraction of sp³-hybridized carbons (Fsp3) is 0.875. The summed E-state index contributed by atoms with van der Waals surface area (Å²) < 4.78 is 10.4. The maximum absolute atomic E-state index is 11.7. The highest BCUT2D eigenvalue weighted by Crippen LogP contribution is 2.22. The lowest BCUT2D eigenvalue weighted by atomic mass is 10.1. The highest BCUT2D eigenvalue weighted by atomic mass is 28.4. The van der Waals surface area contributed by atoms with Gasteiger partial charge in [-0.2, -0.15) is 0 Å². The molecular weight excluding hydrogens is 312 g/mol. The van der Waals surface area contributed by atoms with E-state index in [1.165, 1.54) is 19.3 Å². The molecule has 0 aromatic heterocycles. The Labute approximate surface area is 141 Å². The topological polar surface area (TPSA) is 77.3 Å². The number of carbonyl (C=O) groups is 2. The van der Waals surface area contributed by atoms with Crippen molar-refractivity contribution in [1.29, 1.82) is 0 Å². The minimum atomic E-state index is -2.06. The van der Waals surface area contributed by atoms with Gasteiger partial charge in [-0.1, -0.05) is 70.0 Å². The second-order valence-electron chi connectivity index (χ2n) is 5.69. The zero-order valence-corrected chi connectivity index (χ0v) is 16.1. The SMILES string of the molecule is CCCCCCCCOC(=O)N=NC(=O)O[Si](CC)(CC)CC. The van der Waals surface area contributed by atoms with Crippen LogP contribution in [-0.4, -0.2) is 27.1 Å². The molecule has 6 nitrogen and oxygen atoms in total. The molecule has 7 heteroatoms. The minimum absolute atomic E-state index is 0.316. The molecule has 23 heavy (non-hydrogen) atoms. The Morgan fingerprint density at radius 2 is 1.30 bits per heavy atom. The van der Waals surface area contributed by atoms with Gasteiger partial charge in [-0.15, -0.1) is 0 Å². The van der Waals surface area contributed by atoms with Crippen molar-refractivity contribution in [1.82, 2.24) is 0 Å². The summed E-state index contributed by atoms with van der Waals surface area (Å²) in [4.78, 5) is 23.0. The summed E-state index contributed by atoms with van der Waals surface area (Å²) in [5, 5.41) is 6.59. The number of amides is 2. The van der Waals surface area contributed by atoms with Crippen molar-refractivity contribution < 1.29 is 18.8 Å². The largest absolute Gasteiger partial charge is 0.501 e. The molecule has 0 aliphatic rings. The maximum Gasteiger partial charge on any atom is 0.452 e. The Kier molecular flexibility index (Phi) is 12.5. The van der Waals surface area contributed by atoms with Crippen molar-refractivity contribution in [2.75, 3.05) is 6.61 Å². The smallest absolute Gasteiger partial charge is 0.452 e. The summed E-state index contributed by atoms with van der Waals surface area (Å²) in [6.45, 7) is 8.53. The molecule has 0 aromatic rings. The third-order valence-electron chi connectivity index (χ3n) is 4.17. The van der Waals surface area contributed by atoms with E-state index in [0.717, 1.165) is 37.4 Å². The van der Waals surface area contributed by atoms with E-state index in [4.69, 9.17) is 9.16 Å². The first-order valence-electron chi connectivity index (χ1n) is 8.85. The Balaban J connectivity index is 3.96. The number of carbonyl (C=O) groups excluding carboxylic acids is 2. The van der Waals surface area contributed by atoms with Crippen LogP contribution in [0.25, 0.3) is 0 Å². The van der Waals surface area contributed by atoms with Crippen molar-refractivity contribution in [2.24, 2.45) is 10.2 Å². The summed E-state index contributed by atoms with van der Waals surface area (Å²) in [5.41, 5.74) is 0. The predicted octanol–water partition coefficient (Wildman–Crippen LogP) is 6.08. The molecule has 0 spiro atoms. The minimum Gasteiger partial charge on any atom is -0.501 e. The van der Waals surface area contributed by atoms with Gasteiger partial charge in [0, 0.05) is 0 Å². The number of nitrogens with zero attached hydrogens (tertiary/aromatic N) is 2. The van der Waals surface area contributed by atoms with Crippen molar-refractivity contribution >= 4 is 20.5 Å². The van der Waals surface area contributed by atoms with Gasteiger partial charge in [0.15, 0.2) is 0 Å². The van der Waals surface area contributed by atoms with Gasteiger partial charge in [-0.05, 0) is 24.6 Å². The van der Waals surface area contributed by atoms with E-state index >= 15 is 0 Å². The van der Waals surface area contributed by atoms with Gasteiger partial charge in [0.2, 0.25) is 0 Å². The van der Waals surface area contributed by atoms with Crippen LogP contribution < -0.4 is 0 Å². The van der Waals surface area contributed by atoms with Crippen LogP contribution in [0.15, 0.2) is 10.2 Å². The Morgan fingerprint density at radius 1 is 0.783 bits per heavy atom. The molecule has 0 rings (SSSR count). The summed E-state index contributed by atoms with van der Waals surface area (Å²) in [7, 11) is -2.06. The van der Waals surface area contributed by atoms with Crippen LogP contribution in [0, 0.1) is 0 Å². The molecule has 0 aromatic carbocycles. The zero-order chi connectivity index (χ0) is 17.6. The van der Waals surface area contributed by atoms with E-state index in [0.29, 0.717) is 6.61 Å². The van der Waals surface area contributed by atoms with Crippen LogP contribution in [0.3, 0.4) is 0 Å². The fourth-order valence-corrected chi connectivity index (χ4v) is 4.67. The van der Waals surface area contributed by atoms with Gasteiger partial charge in [-0.3, -0.25) is 0 Å². The number of azo groups is 1. The molecule has 0 saturated carbocycles. The van der Waals surface area contributed by atoms with Crippen molar-refractivity contribution in [3.63, 3.8) is 0 Å². The Hall–Kier alpha value is -1.24. The lowest BCUT2D eigenvalue weighted by Crippen LogP contribution is -2.37. The molecule has 0 bridgehead atoms. The van der Waals surface area contributed by atoms with Crippen molar-refractivity contribution in [3.05, 3.63) is 0 Å². The van der Waals surface area contributed by atoms with E-state index < -0.39 is 20.5 Å². The second kappa shape index (κ2) is 13.2. The Bertz CT molecular complexity index is 363. The maximum atomic E-state index is 11.7. The lowest BCUT2D eigenvalue weighted by Gasteiger charge is -2.25. The normalized spacial score (nSPS) is 11.7. The van der Waals surface area contributed by atoms with Gasteiger partial charge >= 0.3 is 12.2 Å². The third kappa shape index (κ3) is 10.2. The molecular formula is C16H32N2O4Si. The van der Waals surface area contributed by atoms with Gasteiger partial charge < -0.3 is 9.16 Å². The molecule has 0 unspecified atom stereocenters. The number of rotatable bonds is 11. The predicted molar refractivity (Wildman–Crippen MR) is 93.3 cm³/mol. The molecule has 0 saturated heterocycles. The zero-order valence-electron chi connectivity index (χ0n) is 15.1.